The summed E-state index contributed by atoms with van der Waals surface area (Å²) in [5.74, 6) is 0. The van der Waals surface area contributed by atoms with E-state index in [1.54, 1.807) is 0 Å². The Morgan fingerprint density at radius 3 is 1.25 bits per heavy atom. The molecule has 2 nitrogen and oxygen atoms in total. The fourth-order valence-electron chi connectivity index (χ4n) is 0. The molecule has 28 valence electrons. The number of rotatable bonds is 0. The second kappa shape index (κ2) is 9.47. The Bertz CT molecular complexity index is 4.00. The summed E-state index contributed by atoms with van der Waals surface area (Å²) in [6.07, 6.45) is 0. The van der Waals surface area contributed by atoms with Gasteiger partial charge in [-0.2, -0.15) is 13.5 Å². The Morgan fingerprint density at radius 2 is 1.25 bits per heavy atom. The first-order valence-electron chi connectivity index (χ1n) is 0.365. The van der Waals surface area contributed by atoms with Gasteiger partial charge in [0.15, 0.2) is 12.3 Å². The third-order valence-corrected chi connectivity index (χ3v) is 0. The van der Waals surface area contributed by atoms with Gasteiger partial charge in [0.05, 0.1) is 0 Å². The van der Waals surface area contributed by atoms with Crippen LogP contribution in [0.25, 0.3) is 0 Å². The lowest BCUT2D eigenvalue weighted by Gasteiger charge is -1.51. The molecule has 0 aromatic rings. The van der Waals surface area contributed by atoms with Crippen molar-refractivity contribution in [3.05, 3.63) is 0 Å². The van der Waals surface area contributed by atoms with E-state index in [0.717, 1.165) is 0 Å². The standard InChI is InChI=1S/H2O2S.H2S/c1-3-2;/h1-2H;1H2. The molecule has 0 rings (SSSR count). The number of hydrogen-bond donors (Lipinski definition) is 2. The second-order valence-corrected chi connectivity index (χ2v) is 0.245. The first kappa shape index (κ1) is 8.82. The monoisotopic (exact) mass is 100.0 g/mol. The molecule has 0 heterocycles. The molecule has 0 saturated heterocycles. The highest BCUT2D eigenvalue weighted by molar-refractivity contribution is 7.87. The van der Waals surface area contributed by atoms with Crippen molar-refractivity contribution in [2.24, 2.45) is 0 Å². The van der Waals surface area contributed by atoms with Crippen LogP contribution in [0.1, 0.15) is 0 Å². The Balaban J connectivity index is 0. The van der Waals surface area contributed by atoms with E-state index in [4.69, 9.17) is 9.11 Å². The molecule has 2 N–H and O–H groups in total. The molecule has 4 heteroatoms. The molecule has 0 saturated carbocycles. The maximum absolute atomic E-state index is 7.04. The van der Waals surface area contributed by atoms with Gasteiger partial charge in [-0.05, 0) is 0 Å². The first-order valence-corrected chi connectivity index (χ1v) is 1.10. The van der Waals surface area contributed by atoms with E-state index in [1.165, 1.54) is 0 Å². The van der Waals surface area contributed by atoms with Gasteiger partial charge in [-0.3, -0.25) is 0 Å². The maximum Gasteiger partial charge on any atom is 0.152 e. The summed E-state index contributed by atoms with van der Waals surface area (Å²) in [6.45, 7) is 0. The zero-order chi connectivity index (χ0) is 2.71. The largest absolute Gasteiger partial charge is 0.307 e. The molecule has 0 atom stereocenters. The van der Waals surface area contributed by atoms with E-state index in [0.29, 0.717) is 0 Å². The third-order valence-electron chi connectivity index (χ3n) is 0. The highest BCUT2D eigenvalue weighted by Gasteiger charge is 1.36. The lowest BCUT2D eigenvalue weighted by molar-refractivity contribution is 0.541. The van der Waals surface area contributed by atoms with Gasteiger partial charge in [-0.1, -0.05) is 0 Å². The normalized spacial score (nSPS) is 4.50. The van der Waals surface area contributed by atoms with Crippen molar-refractivity contribution >= 4 is 25.8 Å². The van der Waals surface area contributed by atoms with Crippen molar-refractivity contribution in [3.8, 4) is 0 Å². The minimum atomic E-state index is -0.250. The van der Waals surface area contributed by atoms with Crippen molar-refractivity contribution < 1.29 is 9.11 Å². The van der Waals surface area contributed by atoms with Gasteiger partial charge in [0.25, 0.3) is 0 Å². The van der Waals surface area contributed by atoms with E-state index >= 15 is 0 Å². The average Bonchev–Trinajstić information content (AvgIpc) is 0.918. The van der Waals surface area contributed by atoms with Crippen LogP contribution in [0.2, 0.25) is 0 Å². The van der Waals surface area contributed by atoms with Crippen molar-refractivity contribution in [2.75, 3.05) is 0 Å². The van der Waals surface area contributed by atoms with Gasteiger partial charge in [0.1, 0.15) is 0 Å². The van der Waals surface area contributed by atoms with Gasteiger partial charge >= 0.3 is 0 Å². The molecule has 0 aromatic heterocycles. The van der Waals surface area contributed by atoms with E-state index in [9.17, 15) is 0 Å². The smallest absolute Gasteiger partial charge is 0.152 e. The Hall–Kier alpha value is 0.620. The molecule has 0 aliphatic rings. The van der Waals surface area contributed by atoms with Crippen LogP contribution in [0.4, 0.5) is 0 Å². The summed E-state index contributed by atoms with van der Waals surface area (Å²) in [5.41, 5.74) is 0. The van der Waals surface area contributed by atoms with Crippen LogP contribution < -0.4 is 0 Å². The zero-order valence-electron chi connectivity index (χ0n) is 1.80. The van der Waals surface area contributed by atoms with Crippen LogP contribution in [0.5, 0.6) is 0 Å². The van der Waals surface area contributed by atoms with E-state index in [1.807, 2.05) is 0 Å². The molecular formula is H4O2S2. The summed E-state index contributed by atoms with van der Waals surface area (Å²) < 4.78 is 14.1. The molecule has 0 aliphatic carbocycles. The van der Waals surface area contributed by atoms with Crippen molar-refractivity contribution in [1.29, 1.82) is 0 Å². The average molecular weight is 100 g/mol. The molecule has 0 bridgehead atoms. The quantitative estimate of drug-likeness (QED) is 0.442. The first-order chi connectivity index (χ1) is 1.41. The minimum Gasteiger partial charge on any atom is -0.307 e. The molecule has 0 spiro atoms. The molecule has 0 fully saturated rings. The van der Waals surface area contributed by atoms with Crippen LogP contribution in [0.15, 0.2) is 0 Å². The van der Waals surface area contributed by atoms with Crippen molar-refractivity contribution in [3.63, 3.8) is 0 Å². The fraction of sp³-hybridized carbons (Fsp3) is 0. The van der Waals surface area contributed by atoms with Gasteiger partial charge in [-0.25, -0.2) is 0 Å². The molecular weight excluding hydrogens is 96.1 g/mol. The minimum absolute atomic E-state index is 0. The van der Waals surface area contributed by atoms with Gasteiger partial charge in [0.2, 0.25) is 0 Å². The highest BCUT2D eigenvalue weighted by Crippen LogP contribution is 1.67. The van der Waals surface area contributed by atoms with Gasteiger partial charge in [0, 0.05) is 0 Å². The molecule has 0 aromatic carbocycles. The van der Waals surface area contributed by atoms with E-state index in [2.05, 4.69) is 0 Å². The number of hydrogen-bond acceptors (Lipinski definition) is 3. The van der Waals surface area contributed by atoms with Crippen LogP contribution in [-0.2, 0) is 0 Å². The predicted molar refractivity (Wildman–Crippen MR) is 23.2 cm³/mol. The topological polar surface area (TPSA) is 40.5 Å². The van der Waals surface area contributed by atoms with Crippen LogP contribution in [-0.4, -0.2) is 9.11 Å². The van der Waals surface area contributed by atoms with Gasteiger partial charge < -0.3 is 9.11 Å². The van der Waals surface area contributed by atoms with Crippen LogP contribution in [0, 0.1) is 0 Å². The van der Waals surface area contributed by atoms with Gasteiger partial charge in [-0.15, -0.1) is 0 Å². The van der Waals surface area contributed by atoms with E-state index in [-0.39, 0.29) is 25.8 Å². The maximum atomic E-state index is 7.04. The van der Waals surface area contributed by atoms with Crippen molar-refractivity contribution in [1.82, 2.24) is 0 Å². The van der Waals surface area contributed by atoms with Crippen LogP contribution >= 0.6 is 25.8 Å². The zero-order valence-corrected chi connectivity index (χ0v) is 3.62. The Morgan fingerprint density at radius 1 is 1.25 bits per heavy atom. The summed E-state index contributed by atoms with van der Waals surface area (Å²) in [6, 6.07) is 0. The summed E-state index contributed by atoms with van der Waals surface area (Å²) in [4.78, 5) is 0. The molecule has 0 amide bonds. The Kier molecular flexibility index (Phi) is 20.9. The molecule has 0 radical (unpaired) electrons. The van der Waals surface area contributed by atoms with Crippen LogP contribution in [0.3, 0.4) is 0 Å². The summed E-state index contributed by atoms with van der Waals surface area (Å²) >= 11 is -0.250. The second-order valence-electron chi connectivity index (χ2n) is 0.0816. The van der Waals surface area contributed by atoms with Crippen molar-refractivity contribution in [2.45, 2.75) is 0 Å². The molecule has 0 unspecified atom stereocenters. The Labute approximate surface area is 35.7 Å². The lowest BCUT2D eigenvalue weighted by atomic mass is 15.9. The highest BCUT2D eigenvalue weighted by atomic mass is 32.2. The molecule has 4 heavy (non-hydrogen) atoms. The molecule has 0 aliphatic heterocycles. The fourth-order valence-corrected chi connectivity index (χ4v) is 0. The SMILES string of the molecule is OSO.S. The lowest BCUT2D eigenvalue weighted by Crippen LogP contribution is -1.31. The predicted octanol–water partition coefficient (Wildman–Crippen LogP) is 0.778. The third kappa shape index (κ3) is 17.9. The summed E-state index contributed by atoms with van der Waals surface area (Å²) in [7, 11) is 0. The van der Waals surface area contributed by atoms with E-state index < -0.39 is 0 Å². The summed E-state index contributed by atoms with van der Waals surface area (Å²) in [5, 5.41) is 0.